The molecular weight excluding hydrogens is 360 g/mol. The molecule has 3 aromatic carbocycles. The van der Waals surface area contributed by atoms with E-state index in [1.54, 1.807) is 24.3 Å². The van der Waals surface area contributed by atoms with Gasteiger partial charge in [0.2, 0.25) is 0 Å². The van der Waals surface area contributed by atoms with Gasteiger partial charge in [-0.1, -0.05) is 18.2 Å². The molecule has 1 N–H and O–H groups in total. The van der Waals surface area contributed by atoms with Gasteiger partial charge < -0.3 is 5.11 Å². The molecule has 20 heavy (non-hydrogen) atoms. The van der Waals surface area contributed by atoms with Crippen LogP contribution in [0.2, 0.25) is 0 Å². The van der Waals surface area contributed by atoms with Gasteiger partial charge in [-0.05, 0) is 12.1 Å². The molecule has 0 aliphatic carbocycles. The summed E-state index contributed by atoms with van der Waals surface area (Å²) < 4.78 is 3.00. The molecule has 100 valence electrons. The van der Waals surface area contributed by atoms with E-state index in [1.807, 2.05) is 6.07 Å². The number of aromatic hydroxyl groups is 1. The molecule has 0 bridgehead atoms. The normalized spacial score (nSPS) is 9.40. The summed E-state index contributed by atoms with van der Waals surface area (Å²) in [7, 11) is 0. The maximum absolute atomic E-state index is 8.63. The molecule has 3 rings (SSSR count). The Morgan fingerprint density at radius 1 is 0.500 bits per heavy atom. The van der Waals surface area contributed by atoms with Crippen LogP contribution < -0.4 is 7.22 Å². The maximum atomic E-state index is 8.63. The first kappa shape index (κ1) is 14.7. The van der Waals surface area contributed by atoms with E-state index in [-0.39, 0.29) is 20.9 Å². The van der Waals surface area contributed by atoms with Crippen molar-refractivity contribution < 1.29 is 5.11 Å². The van der Waals surface area contributed by atoms with Crippen LogP contribution in [0.3, 0.4) is 0 Å². The zero-order valence-corrected chi connectivity index (χ0v) is 13.3. The van der Waals surface area contributed by atoms with E-state index in [9.17, 15) is 0 Å². The molecule has 0 aromatic heterocycles. The SMILES string of the molecule is Oc1ccccc1.c1ccc([Te]c2ccccc2)cc1. The summed E-state index contributed by atoms with van der Waals surface area (Å²) >= 11 is -0.153. The molecule has 0 atom stereocenters. The summed E-state index contributed by atoms with van der Waals surface area (Å²) in [5.74, 6) is 0.322. The molecule has 0 heterocycles. The van der Waals surface area contributed by atoms with Crippen molar-refractivity contribution in [2.45, 2.75) is 0 Å². The third kappa shape index (κ3) is 5.48. The molecule has 3 aromatic rings. The summed E-state index contributed by atoms with van der Waals surface area (Å²) in [6.45, 7) is 0. The van der Waals surface area contributed by atoms with E-state index in [1.165, 1.54) is 7.22 Å². The fourth-order valence-electron chi connectivity index (χ4n) is 1.54. The van der Waals surface area contributed by atoms with Crippen molar-refractivity contribution in [3.05, 3.63) is 91.0 Å². The third-order valence-corrected chi connectivity index (χ3v) is 5.38. The molecule has 0 saturated heterocycles. The topological polar surface area (TPSA) is 20.2 Å². The summed E-state index contributed by atoms with van der Waals surface area (Å²) in [6.07, 6.45) is 0. The Morgan fingerprint density at radius 3 is 1.15 bits per heavy atom. The van der Waals surface area contributed by atoms with Gasteiger partial charge in [0.25, 0.3) is 0 Å². The van der Waals surface area contributed by atoms with Gasteiger partial charge in [-0.2, -0.15) is 0 Å². The fraction of sp³-hybridized carbons (Fsp3) is 0. The van der Waals surface area contributed by atoms with E-state index in [0.29, 0.717) is 5.75 Å². The van der Waals surface area contributed by atoms with Gasteiger partial charge >= 0.3 is 88.8 Å². The summed E-state index contributed by atoms with van der Waals surface area (Å²) in [4.78, 5) is 0. The zero-order valence-electron chi connectivity index (χ0n) is 11.0. The molecule has 0 unspecified atom stereocenters. The quantitative estimate of drug-likeness (QED) is 0.683. The van der Waals surface area contributed by atoms with Crippen LogP contribution in [-0.4, -0.2) is 26.0 Å². The average molecular weight is 376 g/mol. The van der Waals surface area contributed by atoms with Gasteiger partial charge in [-0.15, -0.1) is 0 Å². The first-order valence-corrected chi connectivity index (χ1v) is 8.69. The molecule has 0 aliphatic rings. The van der Waals surface area contributed by atoms with Crippen molar-refractivity contribution in [2.24, 2.45) is 0 Å². The predicted molar refractivity (Wildman–Crippen MR) is 86.0 cm³/mol. The van der Waals surface area contributed by atoms with Crippen molar-refractivity contribution >= 4 is 28.1 Å². The van der Waals surface area contributed by atoms with Gasteiger partial charge in [0.15, 0.2) is 0 Å². The summed E-state index contributed by atoms with van der Waals surface area (Å²) in [6, 6.07) is 30.2. The van der Waals surface area contributed by atoms with Crippen LogP contribution in [0.1, 0.15) is 0 Å². The Balaban J connectivity index is 0.000000178. The number of hydrogen-bond donors (Lipinski definition) is 1. The van der Waals surface area contributed by atoms with Crippen LogP contribution in [0.5, 0.6) is 5.75 Å². The van der Waals surface area contributed by atoms with Crippen molar-refractivity contribution in [1.29, 1.82) is 0 Å². The molecule has 0 aliphatic heterocycles. The van der Waals surface area contributed by atoms with Gasteiger partial charge in [0.05, 0.1) is 0 Å². The van der Waals surface area contributed by atoms with Crippen LogP contribution in [0.4, 0.5) is 0 Å². The second-order valence-corrected chi connectivity index (χ2v) is 7.34. The Morgan fingerprint density at radius 2 is 0.850 bits per heavy atom. The second-order valence-electron chi connectivity index (χ2n) is 4.06. The van der Waals surface area contributed by atoms with E-state index < -0.39 is 0 Å². The number of benzene rings is 3. The molecule has 0 fully saturated rings. The standard InChI is InChI=1S/C12H10Te.C6H6O/c1-3-7-11(8-4-1)13-12-9-5-2-6-10-12;7-6-4-2-1-3-5-6/h1-10H;1-5,7H. The van der Waals surface area contributed by atoms with Gasteiger partial charge in [-0.25, -0.2) is 0 Å². The first-order valence-electron chi connectivity index (χ1n) is 6.36. The van der Waals surface area contributed by atoms with Crippen LogP contribution in [0.25, 0.3) is 0 Å². The molecule has 0 saturated carbocycles. The van der Waals surface area contributed by atoms with Crippen molar-refractivity contribution in [2.75, 3.05) is 0 Å². The Kier molecular flexibility index (Phi) is 6.17. The van der Waals surface area contributed by atoms with E-state index in [0.717, 1.165) is 0 Å². The molecule has 2 heteroatoms. The van der Waals surface area contributed by atoms with Gasteiger partial charge in [0, 0.05) is 0 Å². The molecule has 0 spiro atoms. The number of rotatable bonds is 2. The molecular formula is C18H16OTe. The molecule has 0 radical (unpaired) electrons. The van der Waals surface area contributed by atoms with Gasteiger partial charge in [-0.3, -0.25) is 0 Å². The number of phenols is 1. The first-order chi connectivity index (χ1) is 9.84. The van der Waals surface area contributed by atoms with Crippen molar-refractivity contribution in [1.82, 2.24) is 0 Å². The molecule has 0 amide bonds. The Labute approximate surface area is 130 Å². The van der Waals surface area contributed by atoms with Gasteiger partial charge in [0.1, 0.15) is 5.75 Å². The van der Waals surface area contributed by atoms with Crippen LogP contribution in [0.15, 0.2) is 91.0 Å². The van der Waals surface area contributed by atoms with Crippen molar-refractivity contribution in [3.8, 4) is 5.75 Å². The zero-order chi connectivity index (χ0) is 14.0. The van der Waals surface area contributed by atoms with E-state index in [4.69, 9.17) is 5.11 Å². The van der Waals surface area contributed by atoms with E-state index in [2.05, 4.69) is 60.7 Å². The van der Waals surface area contributed by atoms with Crippen molar-refractivity contribution in [3.63, 3.8) is 0 Å². The summed E-state index contributed by atoms with van der Waals surface area (Å²) in [5.41, 5.74) is 0. The number of para-hydroxylation sites is 1. The minimum atomic E-state index is -0.153. The number of phenolic OH excluding ortho intramolecular Hbond substituents is 1. The van der Waals surface area contributed by atoms with Crippen LogP contribution in [0, 0.1) is 0 Å². The van der Waals surface area contributed by atoms with Crippen LogP contribution in [-0.2, 0) is 0 Å². The number of hydrogen-bond acceptors (Lipinski definition) is 1. The monoisotopic (exact) mass is 378 g/mol. The van der Waals surface area contributed by atoms with E-state index >= 15 is 0 Å². The van der Waals surface area contributed by atoms with Crippen LogP contribution >= 0.6 is 0 Å². The Bertz CT molecular complexity index is 557. The fourth-order valence-corrected chi connectivity index (χ4v) is 3.99. The average Bonchev–Trinajstić information content (AvgIpc) is 2.51. The predicted octanol–water partition coefficient (Wildman–Crippen LogP) is 2.73. The third-order valence-electron chi connectivity index (χ3n) is 2.48. The summed E-state index contributed by atoms with van der Waals surface area (Å²) in [5, 5.41) is 8.63. The second kappa shape index (κ2) is 8.43. The minimum absolute atomic E-state index is 0.153. The molecule has 1 nitrogen and oxygen atoms in total. The Hall–Kier alpha value is -1.75.